The molecule has 0 aliphatic rings. The summed E-state index contributed by atoms with van der Waals surface area (Å²) in [6, 6.07) is 13.8. The monoisotopic (exact) mass is 385 g/mol. The van der Waals surface area contributed by atoms with E-state index in [0.717, 1.165) is 16.3 Å². The van der Waals surface area contributed by atoms with Crippen LogP contribution in [0.1, 0.15) is 16.8 Å². The summed E-state index contributed by atoms with van der Waals surface area (Å²) in [6.07, 6.45) is -4.60. The zero-order chi connectivity index (χ0) is 20.1. The van der Waals surface area contributed by atoms with Gasteiger partial charge in [-0.1, -0.05) is 42.0 Å². The Morgan fingerprint density at radius 1 is 0.929 bits per heavy atom. The Balaban J connectivity index is 2.08. The first kappa shape index (κ1) is 18.2. The molecule has 0 atom stereocenters. The van der Waals surface area contributed by atoms with Crippen molar-refractivity contribution in [2.75, 3.05) is 0 Å². The van der Waals surface area contributed by atoms with Gasteiger partial charge in [0, 0.05) is 5.56 Å². The van der Waals surface area contributed by atoms with E-state index in [1.807, 2.05) is 6.92 Å². The van der Waals surface area contributed by atoms with E-state index in [9.17, 15) is 17.6 Å². The summed E-state index contributed by atoms with van der Waals surface area (Å²) in [5.41, 5.74) is 0.972. The highest BCUT2D eigenvalue weighted by atomic mass is 19.4. The third-order valence-electron chi connectivity index (χ3n) is 4.55. The van der Waals surface area contributed by atoms with Gasteiger partial charge >= 0.3 is 6.18 Å². The number of pyridine rings is 1. The number of halogens is 4. The van der Waals surface area contributed by atoms with Crippen molar-refractivity contribution in [3.63, 3.8) is 0 Å². The van der Waals surface area contributed by atoms with E-state index < -0.39 is 17.6 Å². The third kappa shape index (κ3) is 3.02. The van der Waals surface area contributed by atoms with Gasteiger partial charge in [0.25, 0.3) is 0 Å². The van der Waals surface area contributed by atoms with Crippen LogP contribution in [-0.2, 0) is 6.18 Å². The van der Waals surface area contributed by atoms with Crippen molar-refractivity contribution >= 4 is 11.0 Å². The van der Waals surface area contributed by atoms with Crippen molar-refractivity contribution in [3.05, 3.63) is 77.2 Å². The molecule has 28 heavy (non-hydrogen) atoms. The van der Waals surface area contributed by atoms with E-state index >= 15 is 0 Å². The van der Waals surface area contributed by atoms with Crippen LogP contribution >= 0.6 is 0 Å². The van der Waals surface area contributed by atoms with E-state index in [1.165, 1.54) is 25.1 Å². The minimum Gasteiger partial charge on any atom is -0.228 e. The summed E-state index contributed by atoms with van der Waals surface area (Å²) < 4.78 is 56.9. The lowest BCUT2D eigenvalue weighted by molar-refractivity contribution is -0.136. The van der Waals surface area contributed by atoms with Crippen molar-refractivity contribution in [1.82, 2.24) is 14.8 Å². The Hall–Kier alpha value is -3.22. The molecule has 142 valence electrons. The molecular weight excluding hydrogens is 370 g/mol. The quantitative estimate of drug-likeness (QED) is 0.405. The van der Waals surface area contributed by atoms with Gasteiger partial charge < -0.3 is 0 Å². The predicted octanol–water partition coefficient (Wildman–Crippen LogP) is 5.86. The molecule has 7 heteroatoms. The number of aryl methyl sites for hydroxylation is 2. The second kappa shape index (κ2) is 6.44. The number of aromatic nitrogens is 3. The third-order valence-corrected chi connectivity index (χ3v) is 4.55. The fraction of sp³-hybridized carbons (Fsp3) is 0.143. The van der Waals surface area contributed by atoms with Crippen molar-refractivity contribution in [2.45, 2.75) is 20.0 Å². The minimum atomic E-state index is -4.60. The molecule has 0 fully saturated rings. The van der Waals surface area contributed by atoms with E-state index in [4.69, 9.17) is 0 Å². The molecule has 0 spiro atoms. The molecule has 2 heterocycles. The largest absolute Gasteiger partial charge is 0.417 e. The van der Waals surface area contributed by atoms with Crippen LogP contribution in [0.4, 0.5) is 17.6 Å². The molecule has 2 aromatic heterocycles. The average molecular weight is 385 g/mol. The molecule has 0 amide bonds. The van der Waals surface area contributed by atoms with Crippen LogP contribution < -0.4 is 0 Å². The highest BCUT2D eigenvalue weighted by molar-refractivity contribution is 5.87. The van der Waals surface area contributed by atoms with E-state index in [1.54, 1.807) is 30.3 Å². The predicted molar refractivity (Wildman–Crippen MR) is 98.7 cm³/mol. The number of hydrogen-bond acceptors (Lipinski definition) is 2. The van der Waals surface area contributed by atoms with Crippen molar-refractivity contribution in [1.29, 1.82) is 0 Å². The normalized spacial score (nSPS) is 11.9. The van der Waals surface area contributed by atoms with Crippen molar-refractivity contribution < 1.29 is 17.6 Å². The van der Waals surface area contributed by atoms with E-state index in [2.05, 4.69) is 10.1 Å². The Kier molecular flexibility index (Phi) is 4.18. The molecule has 0 unspecified atom stereocenters. The van der Waals surface area contributed by atoms with Crippen LogP contribution in [-0.4, -0.2) is 14.8 Å². The molecule has 0 bridgehead atoms. The van der Waals surface area contributed by atoms with Gasteiger partial charge in [-0.25, -0.2) is 14.1 Å². The Bertz CT molecular complexity index is 1170. The van der Waals surface area contributed by atoms with E-state index in [-0.39, 0.29) is 28.1 Å². The minimum absolute atomic E-state index is 0.0343. The van der Waals surface area contributed by atoms with Crippen LogP contribution in [0.5, 0.6) is 0 Å². The molecule has 4 rings (SSSR count). The van der Waals surface area contributed by atoms with Crippen molar-refractivity contribution in [3.8, 4) is 16.9 Å². The summed E-state index contributed by atoms with van der Waals surface area (Å²) in [4.78, 5) is 4.42. The number of rotatable bonds is 2. The SMILES string of the molecule is Cc1ccc(-c2cc(C(F)(F)F)c3c(C)nn(-c4ccccc4F)c3n2)cc1. The summed E-state index contributed by atoms with van der Waals surface area (Å²) in [6.45, 7) is 3.35. The maximum absolute atomic E-state index is 14.3. The zero-order valence-corrected chi connectivity index (χ0v) is 15.0. The topological polar surface area (TPSA) is 30.7 Å². The number of fused-ring (bicyclic) bond motifs is 1. The molecule has 0 aliphatic heterocycles. The van der Waals surface area contributed by atoms with Crippen LogP contribution in [0.25, 0.3) is 28.0 Å². The zero-order valence-electron chi connectivity index (χ0n) is 15.0. The standard InChI is InChI=1S/C21H15F4N3/c1-12-7-9-14(10-8-12)17-11-15(21(23,24)25)19-13(2)27-28(20(19)26-17)18-6-4-3-5-16(18)22/h3-11H,1-2H3. The summed E-state index contributed by atoms with van der Waals surface area (Å²) in [5, 5.41) is 4.03. The summed E-state index contributed by atoms with van der Waals surface area (Å²) in [5.74, 6) is -0.594. The number of para-hydroxylation sites is 1. The molecule has 0 radical (unpaired) electrons. The second-order valence-electron chi connectivity index (χ2n) is 6.57. The van der Waals surface area contributed by atoms with Gasteiger partial charge in [-0.15, -0.1) is 0 Å². The first-order valence-electron chi connectivity index (χ1n) is 8.55. The fourth-order valence-corrected chi connectivity index (χ4v) is 3.18. The number of hydrogen-bond donors (Lipinski definition) is 0. The molecule has 3 nitrogen and oxygen atoms in total. The molecule has 0 saturated carbocycles. The van der Waals surface area contributed by atoms with Gasteiger partial charge in [0.05, 0.1) is 22.3 Å². The van der Waals surface area contributed by atoms with Crippen LogP contribution in [0.3, 0.4) is 0 Å². The molecule has 4 aromatic rings. The molecule has 2 aromatic carbocycles. The van der Waals surface area contributed by atoms with Gasteiger partial charge in [-0.05, 0) is 32.0 Å². The second-order valence-corrected chi connectivity index (χ2v) is 6.57. The van der Waals surface area contributed by atoms with Crippen LogP contribution in [0.2, 0.25) is 0 Å². The number of nitrogens with zero attached hydrogens (tertiary/aromatic N) is 3. The van der Waals surface area contributed by atoms with E-state index in [0.29, 0.717) is 5.56 Å². The van der Waals surface area contributed by atoms with Crippen molar-refractivity contribution in [2.24, 2.45) is 0 Å². The Morgan fingerprint density at radius 3 is 2.25 bits per heavy atom. The Labute approximate surface area is 158 Å². The lowest BCUT2D eigenvalue weighted by atomic mass is 10.0. The van der Waals surface area contributed by atoms with Crippen LogP contribution in [0.15, 0.2) is 54.6 Å². The van der Waals surface area contributed by atoms with Gasteiger partial charge in [-0.2, -0.15) is 18.3 Å². The van der Waals surface area contributed by atoms with Gasteiger partial charge in [0.15, 0.2) is 5.65 Å². The lowest BCUT2D eigenvalue weighted by Crippen LogP contribution is -2.08. The van der Waals surface area contributed by atoms with Gasteiger partial charge in [0.2, 0.25) is 0 Å². The Morgan fingerprint density at radius 2 is 1.61 bits per heavy atom. The van der Waals surface area contributed by atoms with Crippen LogP contribution in [0, 0.1) is 19.7 Å². The van der Waals surface area contributed by atoms with Gasteiger partial charge in [0.1, 0.15) is 11.5 Å². The smallest absolute Gasteiger partial charge is 0.228 e. The maximum atomic E-state index is 14.3. The lowest BCUT2D eigenvalue weighted by Gasteiger charge is -2.12. The highest BCUT2D eigenvalue weighted by Crippen LogP contribution is 2.38. The molecular formula is C21H15F4N3. The highest BCUT2D eigenvalue weighted by Gasteiger charge is 2.36. The summed E-state index contributed by atoms with van der Waals surface area (Å²) in [7, 11) is 0. The molecule has 0 aliphatic carbocycles. The number of benzene rings is 2. The molecule has 0 saturated heterocycles. The molecule has 0 N–H and O–H groups in total. The van der Waals surface area contributed by atoms with Gasteiger partial charge in [-0.3, -0.25) is 0 Å². The maximum Gasteiger partial charge on any atom is 0.417 e. The first-order valence-corrected chi connectivity index (χ1v) is 8.55. The average Bonchev–Trinajstić information content (AvgIpc) is 2.98. The fourth-order valence-electron chi connectivity index (χ4n) is 3.18. The number of alkyl halides is 3. The first-order chi connectivity index (χ1) is 13.3. The summed E-state index contributed by atoms with van der Waals surface area (Å²) >= 11 is 0.